The maximum absolute atomic E-state index is 13.0. The minimum atomic E-state index is -0.794. The van der Waals surface area contributed by atoms with E-state index in [1.165, 1.54) is 9.91 Å². The van der Waals surface area contributed by atoms with Crippen LogP contribution in [0.1, 0.15) is 11.1 Å². The van der Waals surface area contributed by atoms with Crippen LogP contribution in [-0.2, 0) is 9.59 Å². The van der Waals surface area contributed by atoms with Crippen LogP contribution in [0, 0.1) is 13.8 Å². The number of nitrogens with zero attached hydrogens (tertiary/aromatic N) is 4. The molecule has 0 N–H and O–H groups in total. The number of aryl methyl sites for hydroxylation is 2. The van der Waals surface area contributed by atoms with Crippen molar-refractivity contribution in [2.45, 2.75) is 25.9 Å². The van der Waals surface area contributed by atoms with Crippen molar-refractivity contribution in [1.82, 2.24) is 0 Å². The predicted molar refractivity (Wildman–Crippen MR) is 97.5 cm³/mol. The van der Waals surface area contributed by atoms with Crippen LogP contribution in [0.25, 0.3) is 0 Å². The quantitative estimate of drug-likeness (QED) is 0.726. The van der Waals surface area contributed by atoms with Gasteiger partial charge in [0, 0.05) is 4.47 Å². The average Bonchev–Trinajstić information content (AvgIpc) is 3.08. The molecule has 0 saturated carbocycles. The number of hydrogen-bond donors (Lipinski definition) is 0. The van der Waals surface area contributed by atoms with Crippen LogP contribution in [-0.4, -0.2) is 23.9 Å². The molecule has 1 saturated heterocycles. The molecule has 0 unspecified atom stereocenters. The summed E-state index contributed by atoms with van der Waals surface area (Å²) in [6.45, 7) is 3.88. The van der Waals surface area contributed by atoms with E-state index in [1.807, 2.05) is 56.3 Å². The highest BCUT2D eigenvalue weighted by Crippen LogP contribution is 2.35. The lowest BCUT2D eigenvalue weighted by Crippen LogP contribution is -2.39. The highest BCUT2D eigenvalue weighted by atomic mass is 79.9. The molecule has 7 heteroatoms. The SMILES string of the molecule is Cc1cc(C)cc(N2C(=O)[C@@H]3[C@@H](N=NN3c3ccc(Br)cc3)C2=O)c1. The third-order valence-corrected chi connectivity index (χ3v) is 4.87. The maximum Gasteiger partial charge on any atom is 0.263 e. The first-order valence-corrected chi connectivity index (χ1v) is 8.67. The standard InChI is InChI=1S/C18H15BrN4O2/c1-10-7-11(2)9-14(8-10)22-17(24)15-16(18(22)25)23(21-20-15)13-5-3-12(19)4-6-13/h3-9,15-16H,1-2H3/t15-,16+/m1/s1. The van der Waals surface area contributed by atoms with E-state index in [-0.39, 0.29) is 11.8 Å². The van der Waals surface area contributed by atoms with Gasteiger partial charge in [0.1, 0.15) is 0 Å². The fourth-order valence-corrected chi connectivity index (χ4v) is 3.57. The summed E-state index contributed by atoms with van der Waals surface area (Å²) in [5.74, 6) is -0.628. The number of amides is 2. The zero-order valence-electron chi connectivity index (χ0n) is 13.7. The molecular weight excluding hydrogens is 384 g/mol. The van der Waals surface area contributed by atoms with E-state index in [2.05, 4.69) is 26.3 Å². The molecule has 2 aliphatic rings. The van der Waals surface area contributed by atoms with Gasteiger partial charge < -0.3 is 0 Å². The Balaban J connectivity index is 1.71. The molecular formula is C18H15BrN4O2. The largest absolute Gasteiger partial charge is 0.271 e. The normalized spacial score (nSPS) is 22.0. The van der Waals surface area contributed by atoms with E-state index < -0.39 is 12.1 Å². The van der Waals surface area contributed by atoms with E-state index in [0.717, 1.165) is 21.3 Å². The number of fused-ring (bicyclic) bond motifs is 1. The van der Waals surface area contributed by atoms with Gasteiger partial charge in [-0.3, -0.25) is 9.59 Å². The summed E-state index contributed by atoms with van der Waals surface area (Å²) in [6, 6.07) is 11.6. The van der Waals surface area contributed by atoms with Crippen molar-refractivity contribution in [3.8, 4) is 0 Å². The second kappa shape index (κ2) is 5.77. The maximum atomic E-state index is 13.0. The van der Waals surface area contributed by atoms with E-state index in [9.17, 15) is 9.59 Å². The van der Waals surface area contributed by atoms with E-state index in [4.69, 9.17) is 0 Å². The Bertz CT molecular complexity index is 890. The molecule has 126 valence electrons. The number of rotatable bonds is 2. The summed E-state index contributed by atoms with van der Waals surface area (Å²) in [5, 5.41) is 9.64. The van der Waals surface area contributed by atoms with Crippen LogP contribution < -0.4 is 9.91 Å². The molecule has 4 rings (SSSR count). The molecule has 0 aliphatic carbocycles. The van der Waals surface area contributed by atoms with Gasteiger partial charge in [0.25, 0.3) is 11.8 Å². The lowest BCUT2D eigenvalue weighted by Gasteiger charge is -2.21. The molecule has 25 heavy (non-hydrogen) atoms. The summed E-state index contributed by atoms with van der Waals surface area (Å²) >= 11 is 3.38. The molecule has 6 nitrogen and oxygen atoms in total. The lowest BCUT2D eigenvalue weighted by atomic mass is 10.1. The van der Waals surface area contributed by atoms with Crippen molar-refractivity contribution < 1.29 is 9.59 Å². The topological polar surface area (TPSA) is 65.3 Å². The molecule has 2 aromatic carbocycles. The van der Waals surface area contributed by atoms with Gasteiger partial charge in [-0.2, -0.15) is 5.11 Å². The fraction of sp³-hybridized carbons (Fsp3) is 0.222. The Morgan fingerprint density at radius 1 is 0.920 bits per heavy atom. The Hall–Kier alpha value is -2.54. The van der Waals surface area contributed by atoms with Crippen molar-refractivity contribution >= 4 is 39.1 Å². The zero-order chi connectivity index (χ0) is 17.7. The molecule has 2 heterocycles. The number of hydrogen-bond acceptors (Lipinski definition) is 5. The van der Waals surface area contributed by atoms with Gasteiger partial charge >= 0.3 is 0 Å². The molecule has 0 aromatic heterocycles. The van der Waals surface area contributed by atoms with Gasteiger partial charge in [-0.15, -0.1) is 0 Å². The predicted octanol–water partition coefficient (Wildman–Crippen LogP) is 3.56. The highest BCUT2D eigenvalue weighted by Gasteiger charge is 2.55. The van der Waals surface area contributed by atoms with Gasteiger partial charge in [0.2, 0.25) is 0 Å². The molecule has 0 spiro atoms. The van der Waals surface area contributed by atoms with Crippen molar-refractivity contribution in [2.24, 2.45) is 10.3 Å². The number of carbonyl (C=O) groups excluding carboxylic acids is 2. The molecule has 0 bridgehead atoms. The molecule has 2 amide bonds. The number of benzene rings is 2. The van der Waals surface area contributed by atoms with E-state index >= 15 is 0 Å². The summed E-state index contributed by atoms with van der Waals surface area (Å²) in [5.41, 5.74) is 3.31. The van der Waals surface area contributed by atoms with Gasteiger partial charge in [-0.25, -0.2) is 9.91 Å². The highest BCUT2D eigenvalue weighted by molar-refractivity contribution is 9.10. The average molecular weight is 399 g/mol. The summed E-state index contributed by atoms with van der Waals surface area (Å²) in [7, 11) is 0. The van der Waals surface area contributed by atoms with Crippen molar-refractivity contribution in [1.29, 1.82) is 0 Å². The Morgan fingerprint density at radius 2 is 1.56 bits per heavy atom. The van der Waals surface area contributed by atoms with Crippen molar-refractivity contribution in [2.75, 3.05) is 9.91 Å². The Labute approximate surface area is 153 Å². The molecule has 2 atom stereocenters. The van der Waals surface area contributed by atoms with Crippen LogP contribution in [0.4, 0.5) is 11.4 Å². The first-order valence-electron chi connectivity index (χ1n) is 7.87. The molecule has 1 fully saturated rings. The second-order valence-corrected chi connectivity index (χ2v) is 7.19. The number of halogens is 1. The van der Waals surface area contributed by atoms with Gasteiger partial charge in [0.15, 0.2) is 12.1 Å². The monoisotopic (exact) mass is 398 g/mol. The van der Waals surface area contributed by atoms with Crippen LogP contribution in [0.2, 0.25) is 0 Å². The van der Waals surface area contributed by atoms with Crippen LogP contribution in [0.3, 0.4) is 0 Å². The molecule has 0 radical (unpaired) electrons. The van der Waals surface area contributed by atoms with Crippen molar-refractivity contribution in [3.05, 3.63) is 58.1 Å². The number of carbonyl (C=O) groups is 2. The first kappa shape index (κ1) is 16.0. The minimum absolute atomic E-state index is 0.298. The third kappa shape index (κ3) is 2.55. The van der Waals surface area contributed by atoms with E-state index in [0.29, 0.717) is 5.69 Å². The van der Waals surface area contributed by atoms with Crippen molar-refractivity contribution in [3.63, 3.8) is 0 Å². The number of imide groups is 1. The zero-order valence-corrected chi connectivity index (χ0v) is 15.3. The third-order valence-electron chi connectivity index (χ3n) is 4.34. The smallest absolute Gasteiger partial charge is 0.263 e. The van der Waals surface area contributed by atoms with Crippen LogP contribution in [0.15, 0.2) is 57.3 Å². The molecule has 2 aliphatic heterocycles. The van der Waals surface area contributed by atoms with Gasteiger partial charge in [-0.05, 0) is 61.4 Å². The summed E-state index contributed by atoms with van der Waals surface area (Å²) in [4.78, 5) is 27.0. The summed E-state index contributed by atoms with van der Waals surface area (Å²) < 4.78 is 0.926. The minimum Gasteiger partial charge on any atom is -0.271 e. The number of anilines is 2. The fourth-order valence-electron chi connectivity index (χ4n) is 3.30. The lowest BCUT2D eigenvalue weighted by molar-refractivity contribution is -0.121. The van der Waals surface area contributed by atoms with Gasteiger partial charge in [-0.1, -0.05) is 27.2 Å². The summed E-state index contributed by atoms with van der Waals surface area (Å²) in [6.07, 6.45) is 0. The van der Waals surface area contributed by atoms with Crippen LogP contribution in [0.5, 0.6) is 0 Å². The van der Waals surface area contributed by atoms with Crippen LogP contribution >= 0.6 is 15.9 Å². The molecule has 2 aromatic rings. The first-order chi connectivity index (χ1) is 12.0. The van der Waals surface area contributed by atoms with Gasteiger partial charge in [0.05, 0.1) is 11.4 Å². The Morgan fingerprint density at radius 3 is 2.20 bits per heavy atom. The van der Waals surface area contributed by atoms with E-state index in [1.54, 1.807) is 0 Å². The Kier molecular flexibility index (Phi) is 3.68. The second-order valence-electron chi connectivity index (χ2n) is 6.27.